The number of hydrogen-bond acceptors (Lipinski definition) is 5. The highest BCUT2D eigenvalue weighted by atomic mass is 32.2. The highest BCUT2D eigenvalue weighted by molar-refractivity contribution is 7.98. The molecule has 0 unspecified atom stereocenters. The lowest BCUT2D eigenvalue weighted by molar-refractivity contribution is 0.557. The lowest BCUT2D eigenvalue weighted by Crippen LogP contribution is -2.07. The fraction of sp³-hybridized carbons (Fsp3) is 0.357. The summed E-state index contributed by atoms with van der Waals surface area (Å²) in [5.74, 6) is 1.20. The quantitative estimate of drug-likeness (QED) is 0.750. The van der Waals surface area contributed by atoms with Crippen molar-refractivity contribution in [1.29, 1.82) is 0 Å². The number of hydrogen-bond donors (Lipinski definition) is 1. The number of fused-ring (bicyclic) bond motifs is 1. The zero-order valence-corrected chi connectivity index (χ0v) is 13.1. The Bertz CT molecular complexity index is 773. The molecule has 0 aromatic carbocycles. The van der Waals surface area contributed by atoms with Gasteiger partial charge < -0.3 is 10.1 Å². The molecule has 3 aromatic rings. The van der Waals surface area contributed by atoms with Gasteiger partial charge in [0.25, 0.3) is 0 Å². The van der Waals surface area contributed by atoms with Gasteiger partial charge in [0.1, 0.15) is 5.65 Å². The number of pyridine rings is 1. The predicted molar refractivity (Wildman–Crippen MR) is 84.3 cm³/mol. The summed E-state index contributed by atoms with van der Waals surface area (Å²) in [6.07, 6.45) is 4.12. The van der Waals surface area contributed by atoms with Crippen LogP contribution in [0.25, 0.3) is 5.65 Å². The maximum Gasteiger partial charge on any atom is 0.222 e. The molecular formula is C14H18N6S. The van der Waals surface area contributed by atoms with E-state index in [0.717, 1.165) is 22.3 Å². The minimum absolute atomic E-state index is 0.242. The van der Waals surface area contributed by atoms with Crippen molar-refractivity contribution in [3.63, 3.8) is 0 Å². The van der Waals surface area contributed by atoms with Crippen molar-refractivity contribution in [2.75, 3.05) is 5.73 Å². The van der Waals surface area contributed by atoms with Gasteiger partial charge in [0.05, 0.1) is 5.69 Å². The molecule has 0 aliphatic carbocycles. The first-order chi connectivity index (χ1) is 10.0. The molecule has 0 radical (unpaired) electrons. The summed E-state index contributed by atoms with van der Waals surface area (Å²) in [4.78, 5) is 4.60. The number of anilines is 1. The summed E-state index contributed by atoms with van der Waals surface area (Å²) >= 11 is 1.60. The molecule has 3 heterocycles. The molecule has 3 aromatic heterocycles. The zero-order valence-electron chi connectivity index (χ0n) is 12.3. The molecular weight excluding hydrogens is 284 g/mol. The van der Waals surface area contributed by atoms with Crippen LogP contribution in [0.1, 0.15) is 31.1 Å². The van der Waals surface area contributed by atoms with Gasteiger partial charge in [-0.15, -0.1) is 10.2 Å². The Balaban J connectivity index is 1.80. The second kappa shape index (κ2) is 5.40. The Kier molecular flexibility index (Phi) is 3.59. The minimum Gasteiger partial charge on any atom is -0.368 e. The molecule has 2 N–H and O–H groups in total. The Morgan fingerprint density at radius 1 is 1.24 bits per heavy atom. The Hall–Kier alpha value is -2.02. The maximum absolute atomic E-state index is 5.85. The zero-order chi connectivity index (χ0) is 15.0. The van der Waals surface area contributed by atoms with Crippen LogP contribution in [0.5, 0.6) is 0 Å². The molecule has 7 heteroatoms. The largest absolute Gasteiger partial charge is 0.368 e. The van der Waals surface area contributed by atoms with Crippen LogP contribution in [0.2, 0.25) is 0 Å². The number of imidazole rings is 1. The average molecular weight is 302 g/mol. The summed E-state index contributed by atoms with van der Waals surface area (Å²) in [6, 6.07) is 4.33. The lowest BCUT2D eigenvalue weighted by atomic mass is 10.3. The van der Waals surface area contributed by atoms with Crippen LogP contribution >= 0.6 is 11.8 Å². The number of aryl methyl sites for hydroxylation is 1. The van der Waals surface area contributed by atoms with Crippen molar-refractivity contribution in [3.05, 3.63) is 35.8 Å². The molecule has 0 atom stereocenters. The van der Waals surface area contributed by atoms with Gasteiger partial charge in [-0.05, 0) is 32.4 Å². The van der Waals surface area contributed by atoms with Gasteiger partial charge in [0.15, 0.2) is 5.16 Å². The van der Waals surface area contributed by atoms with E-state index >= 15 is 0 Å². The van der Waals surface area contributed by atoms with E-state index in [4.69, 9.17) is 5.73 Å². The van der Waals surface area contributed by atoms with Crippen molar-refractivity contribution in [1.82, 2.24) is 24.1 Å². The van der Waals surface area contributed by atoms with Crippen LogP contribution in [-0.2, 0) is 5.75 Å². The third-order valence-corrected chi connectivity index (χ3v) is 4.18. The van der Waals surface area contributed by atoms with Crippen molar-refractivity contribution in [2.45, 2.75) is 37.7 Å². The fourth-order valence-electron chi connectivity index (χ4n) is 2.24. The first-order valence-electron chi connectivity index (χ1n) is 6.82. The van der Waals surface area contributed by atoms with Crippen molar-refractivity contribution in [2.24, 2.45) is 0 Å². The van der Waals surface area contributed by atoms with Crippen LogP contribution < -0.4 is 5.73 Å². The lowest BCUT2D eigenvalue weighted by Gasteiger charge is -2.10. The summed E-state index contributed by atoms with van der Waals surface area (Å²) < 4.78 is 3.98. The van der Waals surface area contributed by atoms with E-state index in [-0.39, 0.29) is 6.04 Å². The number of nitrogen functional groups attached to an aromatic ring is 1. The molecule has 0 bridgehead atoms. The standard InChI is InChI=1S/C14H18N6S/c1-9(2)20-13(15)17-18-14(20)21-8-11-7-19-6-10(3)4-5-12(19)16-11/h4-7,9H,8H2,1-3H3,(H2,15,17). The first-order valence-corrected chi connectivity index (χ1v) is 7.80. The second-order valence-corrected chi connectivity index (χ2v) is 6.24. The number of thioether (sulfide) groups is 1. The van der Waals surface area contributed by atoms with E-state index in [2.05, 4.69) is 54.4 Å². The minimum atomic E-state index is 0.242. The molecule has 0 amide bonds. The molecule has 0 saturated carbocycles. The van der Waals surface area contributed by atoms with Crippen LogP contribution in [0.3, 0.4) is 0 Å². The Morgan fingerprint density at radius 2 is 2.05 bits per heavy atom. The van der Waals surface area contributed by atoms with E-state index in [1.165, 1.54) is 5.56 Å². The van der Waals surface area contributed by atoms with Crippen molar-refractivity contribution in [3.8, 4) is 0 Å². The van der Waals surface area contributed by atoms with Crippen molar-refractivity contribution >= 4 is 23.4 Å². The van der Waals surface area contributed by atoms with E-state index in [0.29, 0.717) is 5.95 Å². The third kappa shape index (κ3) is 2.73. The Labute approximate surface area is 127 Å². The molecule has 3 rings (SSSR count). The van der Waals surface area contributed by atoms with Gasteiger partial charge in [-0.3, -0.25) is 4.57 Å². The normalized spacial score (nSPS) is 11.6. The highest BCUT2D eigenvalue weighted by Crippen LogP contribution is 2.25. The summed E-state index contributed by atoms with van der Waals surface area (Å²) in [5.41, 5.74) is 9.04. The second-order valence-electron chi connectivity index (χ2n) is 5.30. The van der Waals surface area contributed by atoms with Gasteiger partial charge in [0.2, 0.25) is 5.95 Å². The molecule has 0 spiro atoms. The monoisotopic (exact) mass is 302 g/mol. The fourth-order valence-corrected chi connectivity index (χ4v) is 3.19. The number of nitrogens with zero attached hydrogens (tertiary/aromatic N) is 5. The smallest absolute Gasteiger partial charge is 0.222 e. The number of rotatable bonds is 4. The van der Waals surface area contributed by atoms with E-state index < -0.39 is 0 Å². The van der Waals surface area contributed by atoms with Gasteiger partial charge >= 0.3 is 0 Å². The van der Waals surface area contributed by atoms with E-state index in [1.807, 2.05) is 15.0 Å². The van der Waals surface area contributed by atoms with Gasteiger partial charge in [-0.2, -0.15) is 0 Å². The first kappa shape index (κ1) is 13.9. The molecule has 0 saturated heterocycles. The maximum atomic E-state index is 5.85. The molecule has 0 fully saturated rings. The summed E-state index contributed by atoms with van der Waals surface area (Å²) in [7, 11) is 0. The van der Waals surface area contributed by atoms with Gasteiger partial charge in [-0.25, -0.2) is 4.98 Å². The molecule has 0 aliphatic heterocycles. The molecule has 6 nitrogen and oxygen atoms in total. The average Bonchev–Trinajstić information content (AvgIpc) is 2.98. The highest BCUT2D eigenvalue weighted by Gasteiger charge is 2.13. The third-order valence-electron chi connectivity index (χ3n) is 3.21. The van der Waals surface area contributed by atoms with Gasteiger partial charge in [0, 0.05) is 24.2 Å². The number of nitrogens with two attached hydrogens (primary N) is 1. The molecule has 0 aliphatic rings. The van der Waals surface area contributed by atoms with Crippen molar-refractivity contribution < 1.29 is 0 Å². The summed E-state index contributed by atoms with van der Waals surface area (Å²) in [5, 5.41) is 8.91. The van der Waals surface area contributed by atoms with Gasteiger partial charge in [-0.1, -0.05) is 17.8 Å². The summed E-state index contributed by atoms with van der Waals surface area (Å²) in [6.45, 7) is 6.21. The van der Waals surface area contributed by atoms with E-state index in [9.17, 15) is 0 Å². The molecule has 21 heavy (non-hydrogen) atoms. The predicted octanol–water partition coefficient (Wildman–Crippen LogP) is 2.69. The van der Waals surface area contributed by atoms with Crippen LogP contribution in [0.4, 0.5) is 5.95 Å². The van der Waals surface area contributed by atoms with Crippen LogP contribution in [0, 0.1) is 6.92 Å². The van der Waals surface area contributed by atoms with E-state index in [1.54, 1.807) is 11.8 Å². The Morgan fingerprint density at radius 3 is 2.81 bits per heavy atom. The topological polar surface area (TPSA) is 74.0 Å². The molecule has 110 valence electrons. The van der Waals surface area contributed by atoms with Crippen LogP contribution in [-0.4, -0.2) is 24.1 Å². The van der Waals surface area contributed by atoms with Crippen LogP contribution in [0.15, 0.2) is 29.7 Å². The SMILES string of the molecule is Cc1ccc2nc(CSc3nnc(N)n3C(C)C)cn2c1. The number of aromatic nitrogens is 5.